The fourth-order valence-electron chi connectivity index (χ4n) is 1.31. The Morgan fingerprint density at radius 3 is 1.39 bits per heavy atom. The number of carbonyl (C=O) groups is 2. The van der Waals surface area contributed by atoms with Crippen LogP contribution in [0.3, 0.4) is 0 Å². The maximum Gasteiger partial charge on any atom is 0.310 e. The van der Waals surface area contributed by atoms with Gasteiger partial charge in [0, 0.05) is 9.65 Å². The number of rotatable bonds is 4. The van der Waals surface area contributed by atoms with E-state index < -0.39 is 0 Å². The second-order valence-corrected chi connectivity index (χ2v) is 6.57. The number of carbonyl (C=O) groups excluding carboxylic acids is 2. The lowest BCUT2D eigenvalue weighted by molar-refractivity contribution is -0.145. The van der Waals surface area contributed by atoms with Crippen molar-refractivity contribution in [3.05, 3.63) is 0 Å². The third kappa shape index (κ3) is 5.26. The summed E-state index contributed by atoms with van der Waals surface area (Å²) in [6, 6.07) is 0. The van der Waals surface area contributed by atoms with E-state index in [1.165, 1.54) is 0 Å². The molecule has 104 valence electrons. The molecule has 0 aromatic carbocycles. The molecule has 2 aliphatic carbocycles. The molecule has 0 aliphatic heterocycles. The summed E-state index contributed by atoms with van der Waals surface area (Å²) in [5, 5.41) is 0. The van der Waals surface area contributed by atoms with Crippen LogP contribution >= 0.6 is 31.9 Å². The van der Waals surface area contributed by atoms with Gasteiger partial charge in [-0.1, -0.05) is 31.9 Å². The summed E-state index contributed by atoms with van der Waals surface area (Å²) in [7, 11) is 0. The van der Waals surface area contributed by atoms with Gasteiger partial charge in [0.25, 0.3) is 0 Å². The lowest BCUT2D eigenvalue weighted by atomic mass is 10.4. The van der Waals surface area contributed by atoms with Gasteiger partial charge in [0.2, 0.25) is 0 Å². The molecule has 2 rings (SSSR count). The molecule has 0 heterocycles. The summed E-state index contributed by atoms with van der Waals surface area (Å²) < 4.78 is 9.53. The van der Waals surface area contributed by atoms with Gasteiger partial charge in [-0.25, -0.2) is 0 Å². The molecule has 0 unspecified atom stereocenters. The monoisotopic (exact) mass is 384 g/mol. The summed E-state index contributed by atoms with van der Waals surface area (Å²) in [6.07, 6.45) is 1.89. The number of ether oxygens (including phenoxy) is 2. The molecule has 0 amide bonds. The summed E-state index contributed by atoms with van der Waals surface area (Å²) >= 11 is 6.64. The van der Waals surface area contributed by atoms with Crippen molar-refractivity contribution in [2.75, 3.05) is 13.2 Å². The van der Waals surface area contributed by atoms with Crippen LogP contribution in [-0.2, 0) is 19.1 Å². The van der Waals surface area contributed by atoms with Crippen molar-refractivity contribution < 1.29 is 19.1 Å². The third-order valence-corrected chi connectivity index (χ3v) is 4.63. The molecule has 2 fully saturated rings. The first kappa shape index (κ1) is 16.0. The van der Waals surface area contributed by atoms with Gasteiger partial charge in [-0.3, -0.25) is 9.59 Å². The van der Waals surface area contributed by atoms with E-state index in [0.717, 1.165) is 12.8 Å². The van der Waals surface area contributed by atoms with Gasteiger partial charge in [-0.2, -0.15) is 0 Å². The average molecular weight is 386 g/mol. The Hall–Kier alpha value is -0.100. The maximum atomic E-state index is 10.8. The molecule has 4 atom stereocenters. The lowest BCUT2D eigenvalue weighted by Crippen LogP contribution is -2.07. The molecule has 18 heavy (non-hydrogen) atoms. The highest BCUT2D eigenvalue weighted by Gasteiger charge is 2.42. The maximum absolute atomic E-state index is 10.8. The molecule has 6 heteroatoms. The smallest absolute Gasteiger partial charge is 0.310 e. The van der Waals surface area contributed by atoms with E-state index in [4.69, 9.17) is 9.47 Å². The van der Waals surface area contributed by atoms with Crippen molar-refractivity contribution in [2.24, 2.45) is 11.8 Å². The van der Waals surface area contributed by atoms with E-state index in [2.05, 4.69) is 31.9 Å². The molecule has 0 aromatic rings. The highest BCUT2D eigenvalue weighted by molar-refractivity contribution is 9.10. The van der Waals surface area contributed by atoms with Gasteiger partial charge in [0.1, 0.15) is 0 Å². The van der Waals surface area contributed by atoms with E-state index in [1.807, 2.05) is 13.8 Å². The van der Waals surface area contributed by atoms with Crippen LogP contribution in [0.4, 0.5) is 0 Å². The minimum absolute atomic E-state index is 0.0561. The Morgan fingerprint density at radius 1 is 0.944 bits per heavy atom. The van der Waals surface area contributed by atoms with E-state index >= 15 is 0 Å². The average Bonchev–Trinajstić information content (AvgIpc) is 3.19. The van der Waals surface area contributed by atoms with Gasteiger partial charge >= 0.3 is 11.9 Å². The SMILES string of the molecule is CCOC(=O)[C@@H]1C[C@@H]1Br.CCOC(=O)[C@H]1C[C@H]1Br. The molecule has 0 saturated heterocycles. The molecule has 2 aliphatic rings. The van der Waals surface area contributed by atoms with Crippen molar-refractivity contribution in [1.82, 2.24) is 0 Å². The van der Waals surface area contributed by atoms with Gasteiger partial charge in [-0.05, 0) is 26.7 Å². The molecule has 0 radical (unpaired) electrons. The van der Waals surface area contributed by atoms with Gasteiger partial charge in [0.05, 0.1) is 25.0 Å². The van der Waals surface area contributed by atoms with Gasteiger partial charge in [0.15, 0.2) is 0 Å². The quantitative estimate of drug-likeness (QED) is 0.551. The minimum Gasteiger partial charge on any atom is -0.466 e. The van der Waals surface area contributed by atoms with E-state index in [1.54, 1.807) is 0 Å². The second-order valence-electron chi connectivity index (χ2n) is 4.22. The standard InChI is InChI=1S/2C6H9BrO2/c2*1-2-9-6(8)4-3-5(4)7/h2*4-5H,2-3H2,1H3/t2*4-,5+/m10/s1. The molecular weight excluding hydrogens is 368 g/mol. The van der Waals surface area contributed by atoms with Crippen LogP contribution in [0.2, 0.25) is 0 Å². The zero-order chi connectivity index (χ0) is 13.7. The first-order chi connectivity index (χ1) is 8.51. The Morgan fingerprint density at radius 2 is 1.22 bits per heavy atom. The van der Waals surface area contributed by atoms with Gasteiger partial charge in [-0.15, -0.1) is 0 Å². The molecule has 0 bridgehead atoms. The largest absolute Gasteiger partial charge is 0.466 e. The Bertz CT molecular complexity index is 278. The number of hydrogen-bond acceptors (Lipinski definition) is 4. The molecule has 4 nitrogen and oxygen atoms in total. The van der Waals surface area contributed by atoms with Crippen LogP contribution in [0.1, 0.15) is 26.7 Å². The van der Waals surface area contributed by atoms with Crippen LogP contribution in [0.5, 0.6) is 0 Å². The highest BCUT2D eigenvalue weighted by Crippen LogP contribution is 2.39. The molecule has 0 N–H and O–H groups in total. The summed E-state index contributed by atoms with van der Waals surface area (Å²) in [4.78, 5) is 22.3. The number of esters is 2. The van der Waals surface area contributed by atoms with E-state index in [0.29, 0.717) is 22.9 Å². The number of alkyl halides is 2. The molecular formula is C12H18Br2O4. The predicted octanol–water partition coefficient (Wildman–Crippen LogP) is 2.67. The topological polar surface area (TPSA) is 52.6 Å². The third-order valence-electron chi connectivity index (χ3n) is 2.60. The van der Waals surface area contributed by atoms with Crippen molar-refractivity contribution in [1.29, 1.82) is 0 Å². The van der Waals surface area contributed by atoms with Crippen molar-refractivity contribution >= 4 is 43.8 Å². The van der Waals surface area contributed by atoms with Crippen LogP contribution in [0.15, 0.2) is 0 Å². The number of hydrogen-bond donors (Lipinski definition) is 0. The van der Waals surface area contributed by atoms with Crippen molar-refractivity contribution in [3.63, 3.8) is 0 Å². The second kappa shape index (κ2) is 7.48. The first-order valence-electron chi connectivity index (χ1n) is 6.12. The van der Waals surface area contributed by atoms with Crippen molar-refractivity contribution in [2.45, 2.75) is 36.3 Å². The van der Waals surface area contributed by atoms with Crippen LogP contribution in [0, 0.1) is 11.8 Å². The summed E-state index contributed by atoms with van der Waals surface area (Å²) in [5.74, 6) is 0.175. The molecule has 0 aromatic heterocycles. The molecule has 2 saturated carbocycles. The zero-order valence-electron chi connectivity index (χ0n) is 10.5. The normalized spacial score (nSPS) is 31.8. The van der Waals surface area contributed by atoms with Gasteiger partial charge < -0.3 is 9.47 Å². The van der Waals surface area contributed by atoms with Crippen molar-refractivity contribution in [3.8, 4) is 0 Å². The van der Waals surface area contributed by atoms with E-state index in [9.17, 15) is 9.59 Å². The Labute approximate surface area is 124 Å². The fraction of sp³-hybridized carbons (Fsp3) is 0.833. The van der Waals surface area contributed by atoms with Crippen LogP contribution in [-0.4, -0.2) is 34.8 Å². The highest BCUT2D eigenvalue weighted by atomic mass is 79.9. The fourth-order valence-corrected chi connectivity index (χ4v) is 2.55. The lowest BCUT2D eigenvalue weighted by Gasteiger charge is -1.96. The molecule has 0 spiro atoms. The number of halogens is 2. The summed E-state index contributed by atoms with van der Waals surface area (Å²) in [5.41, 5.74) is 0. The Balaban J connectivity index is 0.000000180. The predicted molar refractivity (Wildman–Crippen MR) is 74.9 cm³/mol. The van der Waals surface area contributed by atoms with Crippen LogP contribution in [0.25, 0.3) is 0 Å². The summed E-state index contributed by atoms with van der Waals surface area (Å²) in [6.45, 7) is 4.64. The first-order valence-corrected chi connectivity index (χ1v) is 7.95. The Kier molecular flexibility index (Phi) is 6.63. The zero-order valence-corrected chi connectivity index (χ0v) is 13.7. The van der Waals surface area contributed by atoms with Crippen LogP contribution < -0.4 is 0 Å². The van der Waals surface area contributed by atoms with E-state index in [-0.39, 0.29) is 23.8 Å². The minimum atomic E-state index is -0.0561.